The van der Waals surface area contributed by atoms with E-state index in [-0.39, 0.29) is 18.0 Å². The zero-order chi connectivity index (χ0) is 13.0. The standard InChI is InChI=1S/C13H20O4/c1-8(2)12-6-5-11(16-9(3)14)7-13(12)17-10(4)15/h7-8,12-13H,5-6H2,1-4H3/t12-,13?/m1/s1. The highest BCUT2D eigenvalue weighted by Gasteiger charge is 2.30. The van der Waals surface area contributed by atoms with Gasteiger partial charge in [0.25, 0.3) is 0 Å². The monoisotopic (exact) mass is 240 g/mol. The van der Waals surface area contributed by atoms with Crippen molar-refractivity contribution in [1.82, 2.24) is 0 Å². The van der Waals surface area contributed by atoms with Crippen molar-refractivity contribution in [3.63, 3.8) is 0 Å². The van der Waals surface area contributed by atoms with Crippen LogP contribution in [0.15, 0.2) is 11.8 Å². The summed E-state index contributed by atoms with van der Waals surface area (Å²) in [6, 6.07) is 0. The molecule has 0 fully saturated rings. The van der Waals surface area contributed by atoms with Crippen molar-refractivity contribution >= 4 is 11.9 Å². The summed E-state index contributed by atoms with van der Waals surface area (Å²) >= 11 is 0. The first kappa shape index (κ1) is 13.7. The normalized spacial score (nSPS) is 24.2. The molecular formula is C13H20O4. The Labute approximate surface area is 102 Å². The van der Waals surface area contributed by atoms with Gasteiger partial charge in [-0.3, -0.25) is 9.59 Å². The second kappa shape index (κ2) is 5.84. The van der Waals surface area contributed by atoms with E-state index in [0.29, 0.717) is 17.6 Å². The van der Waals surface area contributed by atoms with Crippen molar-refractivity contribution < 1.29 is 19.1 Å². The molecule has 17 heavy (non-hydrogen) atoms. The lowest BCUT2D eigenvalue weighted by molar-refractivity contribution is -0.147. The van der Waals surface area contributed by atoms with Gasteiger partial charge >= 0.3 is 11.9 Å². The zero-order valence-electron chi connectivity index (χ0n) is 10.9. The minimum atomic E-state index is -0.333. The summed E-state index contributed by atoms with van der Waals surface area (Å²) in [5.74, 6) is 0.690. The Morgan fingerprint density at radius 1 is 1.29 bits per heavy atom. The number of esters is 2. The number of carbonyl (C=O) groups is 2. The van der Waals surface area contributed by atoms with E-state index in [4.69, 9.17) is 9.47 Å². The molecule has 0 heterocycles. The van der Waals surface area contributed by atoms with E-state index in [0.717, 1.165) is 12.8 Å². The third-order valence-corrected chi connectivity index (χ3v) is 2.93. The average molecular weight is 240 g/mol. The van der Waals surface area contributed by atoms with E-state index in [1.54, 1.807) is 6.08 Å². The fourth-order valence-electron chi connectivity index (χ4n) is 2.16. The average Bonchev–Trinajstić information content (AvgIpc) is 2.15. The van der Waals surface area contributed by atoms with Crippen LogP contribution in [0.3, 0.4) is 0 Å². The highest BCUT2D eigenvalue weighted by Crippen LogP contribution is 2.32. The molecule has 1 rings (SSSR count). The van der Waals surface area contributed by atoms with E-state index >= 15 is 0 Å². The molecule has 1 aliphatic carbocycles. The van der Waals surface area contributed by atoms with Gasteiger partial charge in [0.15, 0.2) is 0 Å². The maximum atomic E-state index is 11.0. The van der Waals surface area contributed by atoms with Gasteiger partial charge in [-0.05, 0) is 18.4 Å². The van der Waals surface area contributed by atoms with Gasteiger partial charge in [0.2, 0.25) is 0 Å². The van der Waals surface area contributed by atoms with Gasteiger partial charge in [0.05, 0.1) is 0 Å². The minimum absolute atomic E-state index is 0.282. The molecule has 0 saturated carbocycles. The Morgan fingerprint density at radius 3 is 2.41 bits per heavy atom. The van der Waals surface area contributed by atoms with Crippen LogP contribution in [0.5, 0.6) is 0 Å². The van der Waals surface area contributed by atoms with Crippen LogP contribution in [0, 0.1) is 11.8 Å². The molecule has 0 bridgehead atoms. The predicted molar refractivity (Wildman–Crippen MR) is 63.0 cm³/mol. The molecule has 1 aliphatic rings. The maximum Gasteiger partial charge on any atom is 0.307 e. The van der Waals surface area contributed by atoms with Crippen molar-refractivity contribution in [1.29, 1.82) is 0 Å². The van der Waals surface area contributed by atoms with Crippen LogP contribution in [0.2, 0.25) is 0 Å². The molecule has 4 nitrogen and oxygen atoms in total. The van der Waals surface area contributed by atoms with Crippen molar-refractivity contribution in [2.24, 2.45) is 11.8 Å². The van der Waals surface area contributed by atoms with Crippen molar-refractivity contribution in [3.05, 3.63) is 11.8 Å². The van der Waals surface area contributed by atoms with Gasteiger partial charge in [-0.25, -0.2) is 0 Å². The highest BCUT2D eigenvalue weighted by atomic mass is 16.6. The van der Waals surface area contributed by atoms with Crippen LogP contribution in [0.1, 0.15) is 40.5 Å². The summed E-state index contributed by atoms with van der Waals surface area (Å²) in [5, 5.41) is 0. The fourth-order valence-corrected chi connectivity index (χ4v) is 2.16. The fraction of sp³-hybridized carbons (Fsp3) is 0.692. The lowest BCUT2D eigenvalue weighted by Crippen LogP contribution is -2.31. The number of allylic oxidation sites excluding steroid dienone is 1. The summed E-state index contributed by atoms with van der Waals surface area (Å²) in [5.41, 5.74) is 0. The van der Waals surface area contributed by atoms with Crippen LogP contribution in [0.4, 0.5) is 0 Å². The smallest absolute Gasteiger partial charge is 0.307 e. The van der Waals surface area contributed by atoms with E-state index in [9.17, 15) is 9.59 Å². The maximum absolute atomic E-state index is 11.0. The molecule has 96 valence electrons. The molecule has 0 radical (unpaired) electrons. The third-order valence-electron chi connectivity index (χ3n) is 2.93. The second-order valence-corrected chi connectivity index (χ2v) is 4.75. The Kier molecular flexibility index (Phi) is 4.73. The van der Waals surface area contributed by atoms with E-state index in [1.165, 1.54) is 13.8 Å². The first-order chi connectivity index (χ1) is 7.90. The molecule has 0 N–H and O–H groups in total. The van der Waals surface area contributed by atoms with Crippen LogP contribution in [-0.2, 0) is 19.1 Å². The zero-order valence-corrected chi connectivity index (χ0v) is 10.9. The van der Waals surface area contributed by atoms with Crippen LogP contribution < -0.4 is 0 Å². The van der Waals surface area contributed by atoms with Crippen molar-refractivity contribution in [3.8, 4) is 0 Å². The van der Waals surface area contributed by atoms with Crippen molar-refractivity contribution in [2.75, 3.05) is 0 Å². The molecule has 0 aromatic carbocycles. The summed E-state index contributed by atoms with van der Waals surface area (Å²) in [4.78, 5) is 21.9. The number of hydrogen-bond donors (Lipinski definition) is 0. The van der Waals surface area contributed by atoms with Crippen LogP contribution in [-0.4, -0.2) is 18.0 Å². The third kappa shape index (κ3) is 4.21. The summed E-state index contributed by atoms with van der Waals surface area (Å²) < 4.78 is 10.3. The number of ether oxygens (including phenoxy) is 2. The molecule has 0 aromatic rings. The minimum Gasteiger partial charge on any atom is -0.458 e. The number of carbonyl (C=O) groups excluding carboxylic acids is 2. The largest absolute Gasteiger partial charge is 0.458 e. The molecule has 0 spiro atoms. The molecule has 0 aromatic heterocycles. The Morgan fingerprint density at radius 2 is 1.94 bits per heavy atom. The molecule has 0 amide bonds. The van der Waals surface area contributed by atoms with Gasteiger partial charge < -0.3 is 9.47 Å². The van der Waals surface area contributed by atoms with E-state index < -0.39 is 0 Å². The lowest BCUT2D eigenvalue weighted by Gasteiger charge is -2.31. The Balaban J connectivity index is 2.79. The van der Waals surface area contributed by atoms with Gasteiger partial charge in [0, 0.05) is 26.2 Å². The van der Waals surface area contributed by atoms with Crippen LogP contribution in [0.25, 0.3) is 0 Å². The van der Waals surface area contributed by atoms with Crippen LogP contribution >= 0.6 is 0 Å². The topological polar surface area (TPSA) is 52.6 Å². The quantitative estimate of drug-likeness (QED) is 0.711. The molecule has 0 aliphatic heterocycles. The van der Waals surface area contributed by atoms with Gasteiger partial charge in [0.1, 0.15) is 11.9 Å². The first-order valence-electron chi connectivity index (χ1n) is 5.96. The van der Waals surface area contributed by atoms with E-state index in [2.05, 4.69) is 13.8 Å². The van der Waals surface area contributed by atoms with E-state index in [1.807, 2.05) is 0 Å². The number of hydrogen-bond acceptors (Lipinski definition) is 4. The molecule has 1 unspecified atom stereocenters. The predicted octanol–water partition coefficient (Wildman–Crippen LogP) is 2.43. The lowest BCUT2D eigenvalue weighted by atomic mass is 9.82. The van der Waals surface area contributed by atoms with Gasteiger partial charge in [-0.2, -0.15) is 0 Å². The molecule has 4 heteroatoms. The summed E-state index contributed by atoms with van der Waals surface area (Å²) in [7, 11) is 0. The number of rotatable bonds is 3. The second-order valence-electron chi connectivity index (χ2n) is 4.75. The Bertz CT molecular complexity index is 330. The van der Waals surface area contributed by atoms with Crippen molar-refractivity contribution in [2.45, 2.75) is 46.6 Å². The SMILES string of the molecule is CC(=O)OC1=CC(OC(C)=O)[C@@H](C(C)C)CC1. The molecule has 2 atom stereocenters. The summed E-state index contributed by atoms with van der Waals surface area (Å²) in [6.45, 7) is 6.97. The Hall–Kier alpha value is -1.32. The summed E-state index contributed by atoms with van der Waals surface area (Å²) in [6.07, 6.45) is 3.07. The molecular weight excluding hydrogens is 220 g/mol. The first-order valence-corrected chi connectivity index (χ1v) is 5.96. The molecule has 0 saturated heterocycles. The highest BCUT2D eigenvalue weighted by molar-refractivity contribution is 5.67. The van der Waals surface area contributed by atoms with Gasteiger partial charge in [-0.1, -0.05) is 13.8 Å². The van der Waals surface area contributed by atoms with Gasteiger partial charge in [-0.15, -0.1) is 0 Å².